The predicted octanol–water partition coefficient (Wildman–Crippen LogP) is 5.26. The first-order valence-electron chi connectivity index (χ1n) is 9.63. The van der Waals surface area contributed by atoms with Gasteiger partial charge >= 0.3 is 5.97 Å². The van der Waals surface area contributed by atoms with E-state index in [1.165, 1.54) is 17.4 Å². The Bertz CT molecular complexity index is 1090. The van der Waals surface area contributed by atoms with E-state index in [1.54, 1.807) is 45.4 Å². The zero-order valence-electron chi connectivity index (χ0n) is 17.5. The zero-order valence-corrected chi connectivity index (χ0v) is 18.3. The standard InChI is InChI=1S/C24H23NO5S/c1-4-30-24(27)18-15-21(17-8-6-5-7-9-17)31-23(18)25-22(26)13-11-16-10-12-19(28-2)20(14-16)29-3/h5-15H,4H2,1-3H3,(H,25,26)/b13-11+. The summed E-state index contributed by atoms with van der Waals surface area (Å²) in [6.45, 7) is 1.99. The van der Waals surface area contributed by atoms with Crippen LogP contribution in [0.3, 0.4) is 0 Å². The van der Waals surface area contributed by atoms with Crippen LogP contribution >= 0.6 is 11.3 Å². The highest BCUT2D eigenvalue weighted by Gasteiger charge is 2.19. The van der Waals surface area contributed by atoms with Crippen molar-refractivity contribution in [3.05, 3.63) is 71.8 Å². The molecule has 0 saturated carbocycles. The average molecular weight is 438 g/mol. The number of anilines is 1. The number of thiophene rings is 1. The smallest absolute Gasteiger partial charge is 0.341 e. The van der Waals surface area contributed by atoms with Gasteiger partial charge in [-0.25, -0.2) is 4.79 Å². The lowest BCUT2D eigenvalue weighted by Gasteiger charge is -2.07. The summed E-state index contributed by atoms with van der Waals surface area (Å²) >= 11 is 1.32. The van der Waals surface area contributed by atoms with Gasteiger partial charge in [-0.05, 0) is 42.3 Å². The number of benzene rings is 2. The summed E-state index contributed by atoms with van der Waals surface area (Å²) in [6.07, 6.45) is 3.06. The van der Waals surface area contributed by atoms with E-state index in [1.807, 2.05) is 36.4 Å². The summed E-state index contributed by atoms with van der Waals surface area (Å²) in [7, 11) is 3.11. The summed E-state index contributed by atoms with van der Waals surface area (Å²) in [4.78, 5) is 25.8. The normalized spacial score (nSPS) is 10.7. The molecule has 1 aromatic heterocycles. The van der Waals surface area contributed by atoms with E-state index in [0.29, 0.717) is 22.1 Å². The fraction of sp³-hybridized carbons (Fsp3) is 0.167. The lowest BCUT2D eigenvalue weighted by molar-refractivity contribution is -0.111. The lowest BCUT2D eigenvalue weighted by Crippen LogP contribution is -2.11. The number of carbonyl (C=O) groups is 2. The molecule has 0 aliphatic heterocycles. The van der Waals surface area contributed by atoms with Crippen LogP contribution in [0, 0.1) is 0 Å². The highest BCUT2D eigenvalue weighted by molar-refractivity contribution is 7.20. The van der Waals surface area contributed by atoms with Crippen LogP contribution in [0.4, 0.5) is 5.00 Å². The van der Waals surface area contributed by atoms with Crippen molar-refractivity contribution in [2.45, 2.75) is 6.92 Å². The third-order valence-electron chi connectivity index (χ3n) is 4.36. The average Bonchev–Trinajstić information content (AvgIpc) is 3.22. The molecule has 0 unspecified atom stereocenters. The fourth-order valence-corrected chi connectivity index (χ4v) is 3.93. The van der Waals surface area contributed by atoms with E-state index >= 15 is 0 Å². The Hall–Kier alpha value is -3.58. The number of methoxy groups -OCH3 is 2. The Morgan fingerprint density at radius 2 is 1.74 bits per heavy atom. The van der Waals surface area contributed by atoms with Crippen LogP contribution in [0.1, 0.15) is 22.8 Å². The van der Waals surface area contributed by atoms with Crippen molar-refractivity contribution in [2.75, 3.05) is 26.1 Å². The first kappa shape index (κ1) is 22.1. The van der Waals surface area contributed by atoms with Gasteiger partial charge in [-0.2, -0.15) is 0 Å². The van der Waals surface area contributed by atoms with Crippen LogP contribution in [-0.2, 0) is 9.53 Å². The molecule has 3 rings (SSSR count). The second-order valence-corrected chi connectivity index (χ2v) is 7.43. The molecule has 0 aliphatic rings. The van der Waals surface area contributed by atoms with Gasteiger partial charge in [-0.15, -0.1) is 11.3 Å². The molecular weight excluding hydrogens is 414 g/mol. The van der Waals surface area contributed by atoms with Crippen molar-refractivity contribution >= 4 is 34.3 Å². The Kier molecular flexibility index (Phi) is 7.45. The van der Waals surface area contributed by atoms with E-state index < -0.39 is 5.97 Å². The third kappa shape index (κ3) is 5.52. The SMILES string of the molecule is CCOC(=O)c1cc(-c2ccccc2)sc1NC(=O)/C=C/c1ccc(OC)c(OC)c1. The number of amides is 1. The van der Waals surface area contributed by atoms with Crippen molar-refractivity contribution in [1.29, 1.82) is 0 Å². The summed E-state index contributed by atoms with van der Waals surface area (Å²) in [5.41, 5.74) is 2.06. The summed E-state index contributed by atoms with van der Waals surface area (Å²) < 4.78 is 15.6. The molecule has 0 atom stereocenters. The van der Waals surface area contributed by atoms with E-state index in [4.69, 9.17) is 14.2 Å². The fourth-order valence-electron chi connectivity index (χ4n) is 2.87. The van der Waals surface area contributed by atoms with Gasteiger partial charge in [0, 0.05) is 11.0 Å². The van der Waals surface area contributed by atoms with Crippen molar-refractivity contribution < 1.29 is 23.8 Å². The molecule has 0 fully saturated rings. The molecule has 2 aromatic carbocycles. The van der Waals surface area contributed by atoms with Crippen molar-refractivity contribution in [3.8, 4) is 21.9 Å². The molecule has 0 spiro atoms. The maximum absolute atomic E-state index is 12.5. The number of esters is 1. The van der Waals surface area contributed by atoms with Crippen molar-refractivity contribution in [3.63, 3.8) is 0 Å². The van der Waals surface area contributed by atoms with Crippen LogP contribution in [0.2, 0.25) is 0 Å². The van der Waals surface area contributed by atoms with Gasteiger partial charge in [0.15, 0.2) is 11.5 Å². The Labute approximate surface area is 185 Å². The monoisotopic (exact) mass is 437 g/mol. The number of hydrogen-bond acceptors (Lipinski definition) is 6. The van der Waals surface area contributed by atoms with Crippen LogP contribution in [0.25, 0.3) is 16.5 Å². The summed E-state index contributed by atoms with van der Waals surface area (Å²) in [5, 5.41) is 3.24. The molecule has 160 valence electrons. The number of carbonyl (C=O) groups excluding carboxylic acids is 2. The quantitative estimate of drug-likeness (QED) is 0.384. The second kappa shape index (κ2) is 10.4. The molecule has 6 nitrogen and oxygen atoms in total. The van der Waals surface area contributed by atoms with Crippen molar-refractivity contribution in [1.82, 2.24) is 0 Å². The molecule has 1 amide bonds. The summed E-state index contributed by atoms with van der Waals surface area (Å²) in [6, 6.07) is 16.7. The highest BCUT2D eigenvalue weighted by Crippen LogP contribution is 2.36. The topological polar surface area (TPSA) is 73.9 Å². The number of ether oxygens (including phenoxy) is 3. The minimum absolute atomic E-state index is 0.252. The van der Waals surface area contributed by atoms with Crippen LogP contribution in [0.15, 0.2) is 60.7 Å². The first-order valence-corrected chi connectivity index (χ1v) is 10.4. The molecule has 31 heavy (non-hydrogen) atoms. The van der Waals surface area contributed by atoms with Gasteiger partial charge < -0.3 is 19.5 Å². The maximum Gasteiger partial charge on any atom is 0.341 e. The van der Waals surface area contributed by atoms with Gasteiger partial charge in [-0.1, -0.05) is 36.4 Å². The van der Waals surface area contributed by atoms with Gasteiger partial charge in [0.2, 0.25) is 5.91 Å². The Morgan fingerprint density at radius 1 is 1.00 bits per heavy atom. The Morgan fingerprint density at radius 3 is 2.42 bits per heavy atom. The summed E-state index contributed by atoms with van der Waals surface area (Å²) in [5.74, 6) is 0.345. The van der Waals surface area contributed by atoms with Crippen molar-refractivity contribution in [2.24, 2.45) is 0 Å². The first-order chi connectivity index (χ1) is 15.0. The van der Waals surface area contributed by atoms with E-state index in [9.17, 15) is 9.59 Å². The zero-order chi connectivity index (χ0) is 22.2. The van der Waals surface area contributed by atoms with Gasteiger partial charge in [0.25, 0.3) is 0 Å². The third-order valence-corrected chi connectivity index (χ3v) is 5.46. The van der Waals surface area contributed by atoms with Crippen LogP contribution in [-0.4, -0.2) is 32.7 Å². The van der Waals surface area contributed by atoms with E-state index in [0.717, 1.165) is 16.0 Å². The van der Waals surface area contributed by atoms with Gasteiger partial charge in [0.05, 0.1) is 26.4 Å². The second-order valence-electron chi connectivity index (χ2n) is 6.38. The maximum atomic E-state index is 12.5. The number of hydrogen-bond donors (Lipinski definition) is 1. The van der Waals surface area contributed by atoms with E-state index in [-0.39, 0.29) is 12.5 Å². The molecule has 0 radical (unpaired) electrons. The molecule has 1 N–H and O–H groups in total. The molecule has 7 heteroatoms. The molecular formula is C24H23NO5S. The predicted molar refractivity (Wildman–Crippen MR) is 123 cm³/mol. The molecule has 3 aromatic rings. The van der Waals surface area contributed by atoms with Crippen LogP contribution in [0.5, 0.6) is 11.5 Å². The highest BCUT2D eigenvalue weighted by atomic mass is 32.1. The Balaban J connectivity index is 1.82. The lowest BCUT2D eigenvalue weighted by atomic mass is 10.1. The molecule has 1 heterocycles. The molecule has 0 bridgehead atoms. The van der Waals surface area contributed by atoms with E-state index in [2.05, 4.69) is 5.32 Å². The minimum atomic E-state index is -0.472. The van der Waals surface area contributed by atoms with Crippen LogP contribution < -0.4 is 14.8 Å². The minimum Gasteiger partial charge on any atom is -0.493 e. The van der Waals surface area contributed by atoms with Gasteiger partial charge in [0.1, 0.15) is 5.00 Å². The number of nitrogens with one attached hydrogen (secondary N) is 1. The largest absolute Gasteiger partial charge is 0.493 e. The number of rotatable bonds is 8. The molecule has 0 aliphatic carbocycles. The van der Waals surface area contributed by atoms with Gasteiger partial charge in [-0.3, -0.25) is 4.79 Å². The molecule has 0 saturated heterocycles.